The standard InChI is InChI=1S/C24H22FN7O5S/c1-30(2)23-28-24(38-29-23)32-11-16(22(35)36)19(34)15-7-17(25)21(27-20(15)32)31-9-12(10-31)18(33)6-13-4-5-14(37-3)8-26-13/h4-5,7-8,11-12H,6,9-10H2,1-3H3,(H,35,36). The molecule has 38 heavy (non-hydrogen) atoms. The minimum Gasteiger partial charge on any atom is -0.495 e. The van der Waals surface area contributed by atoms with Crippen LogP contribution in [0.3, 0.4) is 0 Å². The van der Waals surface area contributed by atoms with Gasteiger partial charge in [-0.1, -0.05) is 0 Å². The van der Waals surface area contributed by atoms with Gasteiger partial charge in [0.1, 0.15) is 17.1 Å². The second kappa shape index (κ2) is 9.78. The van der Waals surface area contributed by atoms with Crippen molar-refractivity contribution in [2.45, 2.75) is 6.42 Å². The van der Waals surface area contributed by atoms with E-state index in [0.717, 1.165) is 23.8 Å². The highest BCUT2D eigenvalue weighted by atomic mass is 32.1. The lowest BCUT2D eigenvalue weighted by atomic mass is 9.92. The summed E-state index contributed by atoms with van der Waals surface area (Å²) >= 11 is 0.977. The van der Waals surface area contributed by atoms with Crippen molar-refractivity contribution in [3.8, 4) is 10.9 Å². The van der Waals surface area contributed by atoms with E-state index in [0.29, 0.717) is 17.4 Å². The normalized spacial score (nSPS) is 13.4. The molecule has 12 nitrogen and oxygen atoms in total. The molecule has 4 aromatic heterocycles. The van der Waals surface area contributed by atoms with Gasteiger partial charge in [-0.05, 0) is 18.2 Å². The highest BCUT2D eigenvalue weighted by Gasteiger charge is 2.35. The Labute approximate surface area is 219 Å². The Kier molecular flexibility index (Phi) is 6.48. The van der Waals surface area contributed by atoms with Crippen LogP contribution >= 0.6 is 11.5 Å². The lowest BCUT2D eigenvalue weighted by Crippen LogP contribution is -2.51. The fourth-order valence-corrected chi connectivity index (χ4v) is 4.75. The van der Waals surface area contributed by atoms with Gasteiger partial charge in [-0.2, -0.15) is 9.36 Å². The molecule has 14 heteroatoms. The number of carboxylic acids is 1. The summed E-state index contributed by atoms with van der Waals surface area (Å²) in [6, 6.07) is 4.43. The van der Waals surface area contributed by atoms with E-state index in [2.05, 4.69) is 19.3 Å². The van der Waals surface area contributed by atoms with E-state index in [-0.39, 0.29) is 53.2 Å². The number of aromatic nitrogens is 5. The van der Waals surface area contributed by atoms with Gasteiger partial charge >= 0.3 is 5.97 Å². The summed E-state index contributed by atoms with van der Waals surface area (Å²) in [5.74, 6) is -1.69. The lowest BCUT2D eigenvalue weighted by Gasteiger charge is -2.39. The van der Waals surface area contributed by atoms with E-state index >= 15 is 4.39 Å². The summed E-state index contributed by atoms with van der Waals surface area (Å²) < 4.78 is 25.8. The molecule has 1 fully saturated rings. The average molecular weight is 540 g/mol. The summed E-state index contributed by atoms with van der Waals surface area (Å²) in [6.45, 7) is 0.483. The number of ether oxygens (including phenoxy) is 1. The van der Waals surface area contributed by atoms with Crippen LogP contribution in [0.2, 0.25) is 0 Å². The summed E-state index contributed by atoms with van der Waals surface area (Å²) in [6.07, 6.45) is 2.80. The number of halogens is 1. The number of anilines is 2. The smallest absolute Gasteiger partial charge is 0.341 e. The SMILES string of the molecule is COc1ccc(CC(=O)C2CN(c3nc4c(cc3F)c(=O)c(C(=O)O)cn4-c3nc(N(C)C)ns3)C2)nc1. The van der Waals surface area contributed by atoms with E-state index < -0.39 is 22.8 Å². The third-order valence-corrected chi connectivity index (χ3v) is 6.89. The number of Topliss-reactive ketones (excluding diaryl/α,β-unsaturated/α-hetero) is 1. The number of hydrogen-bond donors (Lipinski definition) is 1. The summed E-state index contributed by atoms with van der Waals surface area (Å²) in [5, 5.41) is 9.60. The van der Waals surface area contributed by atoms with Crippen molar-refractivity contribution in [2.75, 3.05) is 44.1 Å². The van der Waals surface area contributed by atoms with Gasteiger partial charge in [-0.15, -0.1) is 0 Å². The van der Waals surface area contributed by atoms with Crippen LogP contribution in [0.1, 0.15) is 16.1 Å². The predicted molar refractivity (Wildman–Crippen MR) is 137 cm³/mol. The highest BCUT2D eigenvalue weighted by Crippen LogP contribution is 2.30. The number of methoxy groups -OCH3 is 1. The molecule has 0 unspecified atom stereocenters. The number of hydrogen-bond acceptors (Lipinski definition) is 11. The van der Waals surface area contributed by atoms with E-state index in [9.17, 15) is 19.5 Å². The quantitative estimate of drug-likeness (QED) is 0.350. The molecule has 1 aliphatic heterocycles. The Morgan fingerprint density at radius 1 is 1.26 bits per heavy atom. The van der Waals surface area contributed by atoms with Gasteiger partial charge in [-0.3, -0.25) is 19.1 Å². The number of fused-ring (bicyclic) bond motifs is 1. The lowest BCUT2D eigenvalue weighted by molar-refractivity contribution is -0.123. The molecule has 196 valence electrons. The molecule has 0 saturated carbocycles. The van der Waals surface area contributed by atoms with Crippen LogP contribution < -0.4 is 20.0 Å². The van der Waals surface area contributed by atoms with Gasteiger partial charge in [0, 0.05) is 57.0 Å². The first-order chi connectivity index (χ1) is 18.2. The number of rotatable bonds is 8. The number of carbonyl (C=O) groups is 2. The third-order valence-electron chi connectivity index (χ3n) is 6.18. The average Bonchev–Trinajstić information content (AvgIpc) is 3.35. The minimum absolute atomic E-state index is 0.0341. The Morgan fingerprint density at radius 2 is 2.03 bits per heavy atom. The van der Waals surface area contributed by atoms with Crippen LogP contribution in [0.15, 0.2) is 35.4 Å². The summed E-state index contributed by atoms with van der Waals surface area (Å²) in [7, 11) is 5.02. The fourth-order valence-electron chi connectivity index (χ4n) is 4.04. The number of aromatic carboxylic acids is 1. The molecule has 1 N–H and O–H groups in total. The molecule has 0 spiro atoms. The van der Waals surface area contributed by atoms with Crippen molar-refractivity contribution in [1.29, 1.82) is 0 Å². The minimum atomic E-state index is -1.46. The molecule has 1 saturated heterocycles. The summed E-state index contributed by atoms with van der Waals surface area (Å²) in [4.78, 5) is 53.5. The van der Waals surface area contributed by atoms with Crippen LogP contribution in [-0.2, 0) is 11.2 Å². The molecule has 0 atom stereocenters. The maximum atomic E-state index is 15.2. The maximum absolute atomic E-state index is 15.2. The van der Waals surface area contributed by atoms with Crippen LogP contribution in [0.4, 0.5) is 16.2 Å². The molecule has 0 aliphatic carbocycles. The molecular formula is C24H22FN7O5S. The van der Waals surface area contributed by atoms with E-state index in [4.69, 9.17) is 4.74 Å². The van der Waals surface area contributed by atoms with E-state index in [1.807, 2.05) is 0 Å². The molecule has 0 aromatic carbocycles. The first-order valence-electron chi connectivity index (χ1n) is 11.4. The number of carbonyl (C=O) groups excluding carboxylic acids is 1. The molecule has 1 aliphatic rings. The topological polar surface area (TPSA) is 144 Å². The Morgan fingerprint density at radius 3 is 2.63 bits per heavy atom. The van der Waals surface area contributed by atoms with Gasteiger partial charge in [-0.25, -0.2) is 14.2 Å². The fraction of sp³-hybridized carbons (Fsp3) is 0.292. The van der Waals surface area contributed by atoms with E-state index in [1.165, 1.54) is 11.7 Å². The van der Waals surface area contributed by atoms with Crippen molar-refractivity contribution in [3.63, 3.8) is 0 Å². The third kappa shape index (κ3) is 4.53. The number of ketones is 1. The van der Waals surface area contributed by atoms with Crippen molar-refractivity contribution < 1.29 is 23.8 Å². The van der Waals surface area contributed by atoms with Crippen LogP contribution in [-0.4, -0.2) is 75.0 Å². The number of carboxylic acid groups (broad SMARTS) is 1. The van der Waals surface area contributed by atoms with Gasteiger partial charge in [0.2, 0.25) is 16.5 Å². The molecular weight excluding hydrogens is 517 g/mol. The van der Waals surface area contributed by atoms with Crippen LogP contribution in [0.5, 0.6) is 5.75 Å². The zero-order chi connectivity index (χ0) is 27.1. The Balaban J connectivity index is 1.45. The molecule has 4 aromatic rings. The molecule has 0 amide bonds. The first kappa shape index (κ1) is 25.2. The zero-order valence-electron chi connectivity index (χ0n) is 20.6. The van der Waals surface area contributed by atoms with Gasteiger partial charge in [0.15, 0.2) is 17.3 Å². The first-order valence-corrected chi connectivity index (χ1v) is 12.2. The van der Waals surface area contributed by atoms with Crippen molar-refractivity contribution in [3.05, 3.63) is 57.9 Å². The van der Waals surface area contributed by atoms with Crippen LogP contribution in [0, 0.1) is 11.7 Å². The van der Waals surface area contributed by atoms with Crippen molar-refractivity contribution in [1.82, 2.24) is 23.9 Å². The van der Waals surface area contributed by atoms with Crippen molar-refractivity contribution in [2.24, 2.45) is 5.92 Å². The highest BCUT2D eigenvalue weighted by molar-refractivity contribution is 7.08. The zero-order valence-corrected chi connectivity index (χ0v) is 21.4. The predicted octanol–water partition coefficient (Wildman–Crippen LogP) is 1.79. The second-order valence-electron chi connectivity index (χ2n) is 8.92. The van der Waals surface area contributed by atoms with Gasteiger partial charge < -0.3 is 19.6 Å². The number of nitrogens with zero attached hydrogens (tertiary/aromatic N) is 7. The molecule has 5 rings (SSSR count). The molecule has 0 bridgehead atoms. The Hall–Kier alpha value is -4.46. The summed E-state index contributed by atoms with van der Waals surface area (Å²) in [5.41, 5.74) is -0.760. The maximum Gasteiger partial charge on any atom is 0.341 e. The van der Waals surface area contributed by atoms with E-state index in [1.54, 1.807) is 42.2 Å². The van der Waals surface area contributed by atoms with Gasteiger partial charge in [0.05, 0.1) is 24.6 Å². The van der Waals surface area contributed by atoms with Crippen molar-refractivity contribution >= 4 is 46.1 Å². The van der Waals surface area contributed by atoms with Crippen LogP contribution in [0.25, 0.3) is 16.2 Å². The number of pyridine rings is 3. The monoisotopic (exact) mass is 539 g/mol. The van der Waals surface area contributed by atoms with Gasteiger partial charge in [0.25, 0.3) is 0 Å². The molecule has 0 radical (unpaired) electrons. The largest absolute Gasteiger partial charge is 0.495 e. The molecule has 5 heterocycles. The Bertz CT molecular complexity index is 1610. The second-order valence-corrected chi connectivity index (χ2v) is 9.65.